The molecule has 1 aromatic heterocycles. The van der Waals surface area contributed by atoms with Crippen molar-refractivity contribution in [3.8, 4) is 11.1 Å². The molecule has 1 fully saturated rings. The number of benzene rings is 2. The van der Waals surface area contributed by atoms with Gasteiger partial charge >= 0.3 is 0 Å². The number of Topliss-reactive ketones (excluding diaryl/α,β-unsaturated/α-hetero) is 1. The second kappa shape index (κ2) is 14.7. The monoisotopic (exact) mass is 558 g/mol. The zero-order valence-corrected chi connectivity index (χ0v) is 25.6. The van der Waals surface area contributed by atoms with E-state index >= 15 is 0 Å². The van der Waals surface area contributed by atoms with Crippen LogP contribution in [0.4, 0.5) is 0 Å². The first kappa shape index (κ1) is 30.2. The fraction of sp³-hybridized carbons (Fsp3) is 0.486. The molecule has 0 aliphatic carbocycles. The third kappa shape index (κ3) is 8.37. The van der Waals surface area contributed by atoms with Gasteiger partial charge in [0.15, 0.2) is 5.78 Å². The van der Waals surface area contributed by atoms with Crippen LogP contribution in [0.1, 0.15) is 96.7 Å². The van der Waals surface area contributed by atoms with Gasteiger partial charge in [0.05, 0.1) is 4.88 Å². The van der Waals surface area contributed by atoms with Crippen LogP contribution in [0.25, 0.3) is 11.1 Å². The predicted octanol–water partition coefficient (Wildman–Crippen LogP) is 8.50. The van der Waals surface area contributed by atoms with E-state index in [2.05, 4.69) is 60.9 Å². The van der Waals surface area contributed by atoms with Crippen molar-refractivity contribution in [3.05, 3.63) is 81.5 Å². The van der Waals surface area contributed by atoms with Crippen LogP contribution >= 0.6 is 11.3 Å². The van der Waals surface area contributed by atoms with E-state index in [1.165, 1.54) is 30.6 Å². The Morgan fingerprint density at radius 3 is 2.17 bits per heavy atom. The van der Waals surface area contributed by atoms with Crippen molar-refractivity contribution >= 4 is 23.0 Å². The number of hydrogen-bond acceptors (Lipinski definition) is 4. The van der Waals surface area contributed by atoms with E-state index in [9.17, 15) is 9.59 Å². The third-order valence-electron chi connectivity index (χ3n) is 8.11. The van der Waals surface area contributed by atoms with Gasteiger partial charge in [-0.05, 0) is 80.3 Å². The molecule has 3 aromatic rings. The summed E-state index contributed by atoms with van der Waals surface area (Å²) >= 11 is 1.68. The Kier molecular flexibility index (Phi) is 11.1. The van der Waals surface area contributed by atoms with Crippen molar-refractivity contribution in [3.63, 3.8) is 0 Å². The summed E-state index contributed by atoms with van der Waals surface area (Å²) < 4.78 is 0. The van der Waals surface area contributed by atoms with Crippen LogP contribution < -0.4 is 0 Å². The van der Waals surface area contributed by atoms with Gasteiger partial charge in [-0.1, -0.05) is 82.1 Å². The van der Waals surface area contributed by atoms with Gasteiger partial charge in [-0.3, -0.25) is 9.59 Å². The molecule has 0 bridgehead atoms. The summed E-state index contributed by atoms with van der Waals surface area (Å²) in [5.74, 6) is 0.976. The van der Waals surface area contributed by atoms with Crippen molar-refractivity contribution in [2.75, 3.05) is 19.6 Å². The zero-order chi connectivity index (χ0) is 28.5. The highest BCUT2D eigenvalue weighted by Gasteiger charge is 2.29. The summed E-state index contributed by atoms with van der Waals surface area (Å²) in [5.41, 5.74) is 4.09. The summed E-state index contributed by atoms with van der Waals surface area (Å²) in [6.45, 7) is 12.3. The Balaban J connectivity index is 1.48. The molecule has 2 aromatic carbocycles. The molecular weight excluding hydrogens is 512 g/mol. The molecule has 1 amide bonds. The molecule has 0 spiro atoms. The standard InChI is InChI=1S/C35H46N2O2S/c1-5-6-7-8-33-17-18-34(40-33)35(39)37(32-20-23-36(24-21-32)22-19-26(2)3)25-28-9-11-30(12-10-28)31-15-13-29(14-16-31)27(4)38/h9-18,26,32H,5-8,19-25H2,1-4H3. The maximum absolute atomic E-state index is 14.0. The van der Waals surface area contributed by atoms with Gasteiger partial charge in [0.2, 0.25) is 0 Å². The van der Waals surface area contributed by atoms with Gasteiger partial charge < -0.3 is 9.80 Å². The minimum atomic E-state index is 0.0798. The number of carbonyl (C=O) groups excluding carboxylic acids is 2. The van der Waals surface area contributed by atoms with Crippen molar-refractivity contribution in [1.29, 1.82) is 0 Å². The molecule has 1 aliphatic heterocycles. The summed E-state index contributed by atoms with van der Waals surface area (Å²) in [6, 6.07) is 20.8. The minimum absolute atomic E-state index is 0.0798. The SMILES string of the molecule is CCCCCc1ccc(C(=O)N(Cc2ccc(-c3ccc(C(C)=O)cc3)cc2)C2CCN(CCC(C)C)CC2)s1. The van der Waals surface area contributed by atoms with Crippen LogP contribution in [0.2, 0.25) is 0 Å². The lowest BCUT2D eigenvalue weighted by atomic mass is 9.99. The zero-order valence-electron chi connectivity index (χ0n) is 24.8. The van der Waals surface area contributed by atoms with Gasteiger partial charge in [0.25, 0.3) is 5.91 Å². The molecular formula is C35H46N2O2S. The molecule has 0 unspecified atom stereocenters. The summed E-state index contributed by atoms with van der Waals surface area (Å²) in [4.78, 5) is 32.5. The van der Waals surface area contributed by atoms with Gasteiger partial charge in [-0.25, -0.2) is 0 Å². The maximum atomic E-state index is 14.0. The number of amides is 1. The maximum Gasteiger partial charge on any atom is 0.264 e. The molecule has 1 saturated heterocycles. The highest BCUT2D eigenvalue weighted by molar-refractivity contribution is 7.14. The van der Waals surface area contributed by atoms with Crippen LogP contribution in [-0.2, 0) is 13.0 Å². The van der Waals surface area contributed by atoms with Crippen LogP contribution in [0.5, 0.6) is 0 Å². The van der Waals surface area contributed by atoms with Crippen LogP contribution in [-0.4, -0.2) is 47.2 Å². The lowest BCUT2D eigenvalue weighted by Crippen LogP contribution is -2.47. The highest BCUT2D eigenvalue weighted by Crippen LogP contribution is 2.27. The first-order chi connectivity index (χ1) is 19.3. The number of thiophene rings is 1. The molecule has 5 heteroatoms. The molecule has 0 radical (unpaired) electrons. The number of nitrogens with zero attached hydrogens (tertiary/aromatic N) is 2. The Hall–Kier alpha value is -2.76. The number of rotatable bonds is 13. The largest absolute Gasteiger partial charge is 0.331 e. The Bertz CT molecular complexity index is 1220. The lowest BCUT2D eigenvalue weighted by molar-refractivity contribution is 0.0551. The number of piperidine rings is 1. The third-order valence-corrected chi connectivity index (χ3v) is 9.25. The number of unbranched alkanes of at least 4 members (excludes halogenated alkanes) is 2. The molecule has 4 rings (SSSR count). The van der Waals surface area contributed by atoms with Gasteiger partial charge in [-0.15, -0.1) is 11.3 Å². The Morgan fingerprint density at radius 1 is 0.925 bits per heavy atom. The van der Waals surface area contributed by atoms with E-state index in [0.717, 1.165) is 71.9 Å². The van der Waals surface area contributed by atoms with Gasteiger partial charge in [0.1, 0.15) is 0 Å². The predicted molar refractivity (Wildman–Crippen MR) is 168 cm³/mol. The number of carbonyl (C=O) groups is 2. The van der Waals surface area contributed by atoms with Crippen LogP contribution in [0.15, 0.2) is 60.7 Å². The lowest BCUT2D eigenvalue weighted by Gasteiger charge is -2.38. The summed E-state index contributed by atoms with van der Waals surface area (Å²) in [5, 5.41) is 0. The quantitative estimate of drug-likeness (QED) is 0.156. The molecule has 0 saturated carbocycles. The molecule has 40 heavy (non-hydrogen) atoms. The topological polar surface area (TPSA) is 40.6 Å². The number of hydrogen-bond donors (Lipinski definition) is 0. The van der Waals surface area contributed by atoms with E-state index in [0.29, 0.717) is 6.54 Å². The first-order valence-corrected chi connectivity index (χ1v) is 16.0. The van der Waals surface area contributed by atoms with Gasteiger partial charge in [0, 0.05) is 36.1 Å². The van der Waals surface area contributed by atoms with E-state index in [-0.39, 0.29) is 17.7 Å². The van der Waals surface area contributed by atoms with Gasteiger partial charge in [-0.2, -0.15) is 0 Å². The Labute approximate surface area is 245 Å². The summed E-state index contributed by atoms with van der Waals surface area (Å²) in [6.07, 6.45) is 7.98. The van der Waals surface area contributed by atoms with E-state index < -0.39 is 0 Å². The second-order valence-electron chi connectivity index (χ2n) is 11.7. The molecule has 0 N–H and O–H groups in total. The molecule has 214 valence electrons. The Morgan fingerprint density at radius 2 is 1.57 bits per heavy atom. The normalized spacial score (nSPS) is 14.5. The average molecular weight is 559 g/mol. The fourth-order valence-corrected chi connectivity index (χ4v) is 6.48. The average Bonchev–Trinajstić information content (AvgIpc) is 3.44. The van der Waals surface area contributed by atoms with E-state index in [1.54, 1.807) is 18.3 Å². The van der Waals surface area contributed by atoms with Crippen LogP contribution in [0, 0.1) is 5.92 Å². The van der Waals surface area contributed by atoms with E-state index in [1.807, 2.05) is 30.3 Å². The van der Waals surface area contributed by atoms with Crippen molar-refractivity contribution in [1.82, 2.24) is 9.80 Å². The number of aryl methyl sites for hydroxylation is 1. The highest BCUT2D eigenvalue weighted by atomic mass is 32.1. The molecule has 4 nitrogen and oxygen atoms in total. The first-order valence-electron chi connectivity index (χ1n) is 15.2. The van der Waals surface area contributed by atoms with Crippen molar-refractivity contribution in [2.24, 2.45) is 5.92 Å². The minimum Gasteiger partial charge on any atom is -0.331 e. The number of likely N-dealkylation sites (tertiary alicyclic amines) is 1. The fourth-order valence-electron chi connectivity index (χ4n) is 5.48. The molecule has 1 aliphatic rings. The van der Waals surface area contributed by atoms with Crippen molar-refractivity contribution in [2.45, 2.75) is 85.2 Å². The summed E-state index contributed by atoms with van der Waals surface area (Å²) in [7, 11) is 0. The number of ketones is 1. The van der Waals surface area contributed by atoms with Crippen molar-refractivity contribution < 1.29 is 9.59 Å². The smallest absolute Gasteiger partial charge is 0.264 e. The van der Waals surface area contributed by atoms with E-state index in [4.69, 9.17) is 0 Å². The molecule has 0 atom stereocenters. The van der Waals surface area contributed by atoms with Crippen LogP contribution in [0.3, 0.4) is 0 Å². The molecule has 2 heterocycles. The second-order valence-corrected chi connectivity index (χ2v) is 12.9.